The fourth-order valence-electron chi connectivity index (χ4n) is 2.30. The summed E-state index contributed by atoms with van der Waals surface area (Å²) in [6.07, 6.45) is 2.80. The standard InChI is InChI=1S/C12H19N3O/c1-9-11(10(2)14(3)13-9)8-12(16)15-6-4-5-7-15/h4-8H2,1-3H3. The zero-order valence-electron chi connectivity index (χ0n) is 10.3. The van der Waals surface area contributed by atoms with Crippen molar-refractivity contribution >= 4 is 5.91 Å². The second-order valence-electron chi connectivity index (χ2n) is 4.54. The van der Waals surface area contributed by atoms with Crippen LogP contribution in [0.15, 0.2) is 0 Å². The van der Waals surface area contributed by atoms with E-state index in [1.54, 1.807) is 0 Å². The highest BCUT2D eigenvalue weighted by molar-refractivity contribution is 5.79. The molecule has 0 bridgehead atoms. The van der Waals surface area contributed by atoms with Crippen LogP contribution in [0.2, 0.25) is 0 Å². The largest absolute Gasteiger partial charge is 0.342 e. The van der Waals surface area contributed by atoms with Gasteiger partial charge in [-0.3, -0.25) is 9.48 Å². The Labute approximate surface area is 96.2 Å². The molecule has 0 radical (unpaired) electrons. The Morgan fingerprint density at radius 2 is 1.94 bits per heavy atom. The summed E-state index contributed by atoms with van der Waals surface area (Å²) in [5.41, 5.74) is 3.18. The summed E-state index contributed by atoms with van der Waals surface area (Å²) >= 11 is 0. The molecule has 2 heterocycles. The monoisotopic (exact) mass is 221 g/mol. The number of nitrogens with zero attached hydrogens (tertiary/aromatic N) is 3. The third-order valence-corrected chi connectivity index (χ3v) is 3.45. The van der Waals surface area contributed by atoms with E-state index in [4.69, 9.17) is 0 Å². The maximum absolute atomic E-state index is 12.0. The predicted molar refractivity (Wildman–Crippen MR) is 62.2 cm³/mol. The van der Waals surface area contributed by atoms with Gasteiger partial charge in [0.1, 0.15) is 0 Å². The first-order chi connectivity index (χ1) is 7.59. The van der Waals surface area contributed by atoms with E-state index in [9.17, 15) is 4.79 Å². The van der Waals surface area contributed by atoms with E-state index in [1.165, 1.54) is 0 Å². The molecule has 1 amide bonds. The molecule has 1 aromatic rings. The third-order valence-electron chi connectivity index (χ3n) is 3.45. The number of aromatic nitrogens is 2. The first-order valence-electron chi connectivity index (χ1n) is 5.86. The third kappa shape index (κ3) is 1.96. The first kappa shape index (κ1) is 11.2. The van der Waals surface area contributed by atoms with Crippen LogP contribution in [0.1, 0.15) is 29.8 Å². The number of rotatable bonds is 2. The van der Waals surface area contributed by atoms with Gasteiger partial charge in [-0.1, -0.05) is 0 Å². The molecule has 1 fully saturated rings. The number of hydrogen-bond donors (Lipinski definition) is 0. The number of likely N-dealkylation sites (tertiary alicyclic amines) is 1. The molecule has 0 unspecified atom stereocenters. The summed E-state index contributed by atoms with van der Waals surface area (Å²) in [5, 5.41) is 4.34. The van der Waals surface area contributed by atoms with Crippen LogP contribution in [0, 0.1) is 13.8 Å². The fourth-order valence-corrected chi connectivity index (χ4v) is 2.30. The molecule has 4 nitrogen and oxygen atoms in total. The highest BCUT2D eigenvalue weighted by Crippen LogP contribution is 2.15. The van der Waals surface area contributed by atoms with Gasteiger partial charge in [0.05, 0.1) is 12.1 Å². The molecule has 1 aromatic heterocycles. The van der Waals surface area contributed by atoms with E-state index >= 15 is 0 Å². The lowest BCUT2D eigenvalue weighted by Crippen LogP contribution is -2.29. The molecule has 0 aliphatic carbocycles. The van der Waals surface area contributed by atoms with Crippen LogP contribution in [0.25, 0.3) is 0 Å². The van der Waals surface area contributed by atoms with E-state index in [2.05, 4.69) is 5.10 Å². The van der Waals surface area contributed by atoms with Gasteiger partial charge in [-0.05, 0) is 26.7 Å². The molecule has 2 rings (SSSR count). The van der Waals surface area contributed by atoms with Crippen molar-refractivity contribution in [2.45, 2.75) is 33.1 Å². The summed E-state index contributed by atoms with van der Waals surface area (Å²) < 4.78 is 1.85. The van der Waals surface area contributed by atoms with Crippen molar-refractivity contribution in [2.24, 2.45) is 7.05 Å². The van der Waals surface area contributed by atoms with Crippen molar-refractivity contribution in [3.05, 3.63) is 17.0 Å². The Balaban J connectivity index is 2.11. The predicted octanol–water partition coefficient (Wildman–Crippen LogP) is 1.20. The zero-order valence-corrected chi connectivity index (χ0v) is 10.3. The molecule has 1 aliphatic rings. The van der Waals surface area contributed by atoms with Crippen molar-refractivity contribution in [1.29, 1.82) is 0 Å². The Morgan fingerprint density at radius 3 is 2.44 bits per heavy atom. The Bertz CT molecular complexity index is 403. The summed E-state index contributed by atoms with van der Waals surface area (Å²) in [6, 6.07) is 0. The van der Waals surface area contributed by atoms with Gasteiger partial charge < -0.3 is 4.90 Å². The van der Waals surface area contributed by atoms with Gasteiger partial charge in [-0.25, -0.2) is 0 Å². The van der Waals surface area contributed by atoms with Gasteiger partial charge in [-0.15, -0.1) is 0 Å². The molecule has 1 saturated heterocycles. The molecule has 16 heavy (non-hydrogen) atoms. The average Bonchev–Trinajstić information content (AvgIpc) is 2.83. The Hall–Kier alpha value is -1.32. The smallest absolute Gasteiger partial charge is 0.227 e. The minimum Gasteiger partial charge on any atom is -0.342 e. The van der Waals surface area contributed by atoms with E-state index in [0.717, 1.165) is 42.9 Å². The number of amides is 1. The quantitative estimate of drug-likeness (QED) is 0.752. The van der Waals surface area contributed by atoms with Gasteiger partial charge in [0.2, 0.25) is 5.91 Å². The van der Waals surface area contributed by atoms with E-state index in [0.29, 0.717) is 6.42 Å². The van der Waals surface area contributed by atoms with Crippen molar-refractivity contribution in [2.75, 3.05) is 13.1 Å². The summed E-state index contributed by atoms with van der Waals surface area (Å²) in [5.74, 6) is 0.247. The van der Waals surface area contributed by atoms with Crippen molar-refractivity contribution < 1.29 is 4.79 Å². The molecule has 0 spiro atoms. The van der Waals surface area contributed by atoms with Crippen molar-refractivity contribution in [3.8, 4) is 0 Å². The van der Waals surface area contributed by atoms with Crippen LogP contribution in [-0.2, 0) is 18.3 Å². The second-order valence-corrected chi connectivity index (χ2v) is 4.54. The maximum Gasteiger partial charge on any atom is 0.227 e. The van der Waals surface area contributed by atoms with Crippen LogP contribution >= 0.6 is 0 Å². The molecule has 0 saturated carbocycles. The summed E-state index contributed by atoms with van der Waals surface area (Å²) in [4.78, 5) is 14.0. The minimum atomic E-state index is 0.247. The van der Waals surface area contributed by atoms with Gasteiger partial charge in [0.15, 0.2) is 0 Å². The fraction of sp³-hybridized carbons (Fsp3) is 0.667. The number of aryl methyl sites for hydroxylation is 2. The zero-order chi connectivity index (χ0) is 11.7. The van der Waals surface area contributed by atoms with Crippen LogP contribution in [0.5, 0.6) is 0 Å². The number of carbonyl (C=O) groups is 1. The normalized spacial score (nSPS) is 15.8. The molecular weight excluding hydrogens is 202 g/mol. The topological polar surface area (TPSA) is 38.1 Å². The van der Waals surface area contributed by atoms with Crippen molar-refractivity contribution in [3.63, 3.8) is 0 Å². The van der Waals surface area contributed by atoms with Crippen LogP contribution in [-0.4, -0.2) is 33.7 Å². The first-order valence-corrected chi connectivity index (χ1v) is 5.86. The van der Waals surface area contributed by atoms with E-state index in [-0.39, 0.29) is 5.91 Å². The molecule has 88 valence electrons. The molecule has 0 N–H and O–H groups in total. The van der Waals surface area contributed by atoms with Gasteiger partial charge in [0.25, 0.3) is 0 Å². The van der Waals surface area contributed by atoms with Crippen molar-refractivity contribution in [1.82, 2.24) is 14.7 Å². The average molecular weight is 221 g/mol. The highest BCUT2D eigenvalue weighted by atomic mass is 16.2. The second kappa shape index (κ2) is 4.28. The molecule has 1 aliphatic heterocycles. The van der Waals surface area contributed by atoms with Crippen LogP contribution < -0.4 is 0 Å². The van der Waals surface area contributed by atoms with Gasteiger partial charge >= 0.3 is 0 Å². The SMILES string of the molecule is Cc1nn(C)c(C)c1CC(=O)N1CCCC1. The van der Waals surface area contributed by atoms with Gasteiger partial charge in [-0.2, -0.15) is 5.10 Å². The van der Waals surface area contributed by atoms with Crippen LogP contribution in [0.4, 0.5) is 0 Å². The molecule has 0 atom stereocenters. The van der Waals surface area contributed by atoms with Gasteiger partial charge in [0, 0.05) is 31.4 Å². The number of hydrogen-bond acceptors (Lipinski definition) is 2. The summed E-state index contributed by atoms with van der Waals surface area (Å²) in [7, 11) is 1.92. The van der Waals surface area contributed by atoms with E-state index in [1.807, 2.05) is 30.5 Å². The Morgan fingerprint density at radius 1 is 1.31 bits per heavy atom. The minimum absolute atomic E-state index is 0.247. The highest BCUT2D eigenvalue weighted by Gasteiger charge is 2.20. The van der Waals surface area contributed by atoms with E-state index < -0.39 is 0 Å². The lowest BCUT2D eigenvalue weighted by Gasteiger charge is -2.15. The summed E-state index contributed by atoms with van der Waals surface area (Å²) in [6.45, 7) is 5.85. The number of carbonyl (C=O) groups excluding carboxylic acids is 1. The molecular formula is C12H19N3O. The molecule has 4 heteroatoms. The lowest BCUT2D eigenvalue weighted by molar-refractivity contribution is -0.129. The maximum atomic E-state index is 12.0. The lowest BCUT2D eigenvalue weighted by atomic mass is 10.1. The Kier molecular flexibility index (Phi) is 2.99. The molecule has 0 aromatic carbocycles. The van der Waals surface area contributed by atoms with Crippen LogP contribution in [0.3, 0.4) is 0 Å².